The molecular formula is C23H26N2O4. The molecule has 1 fully saturated rings. The maximum absolute atomic E-state index is 12.8. The molecule has 2 atom stereocenters. The van der Waals surface area contributed by atoms with Crippen LogP contribution >= 0.6 is 0 Å². The highest BCUT2D eigenvalue weighted by Gasteiger charge is 2.41. The first-order chi connectivity index (χ1) is 14.0. The summed E-state index contributed by atoms with van der Waals surface area (Å²) >= 11 is 0. The van der Waals surface area contributed by atoms with Gasteiger partial charge in [-0.3, -0.25) is 0 Å². The van der Waals surface area contributed by atoms with Crippen molar-refractivity contribution < 1.29 is 19.7 Å². The summed E-state index contributed by atoms with van der Waals surface area (Å²) in [6.45, 7) is 7.70. The fourth-order valence-corrected chi connectivity index (χ4v) is 3.78. The Morgan fingerprint density at radius 1 is 1.21 bits per heavy atom. The normalized spacial score (nSPS) is 21.4. The monoisotopic (exact) mass is 394 g/mol. The molecule has 2 aromatic carbocycles. The van der Waals surface area contributed by atoms with Crippen molar-refractivity contribution in [2.75, 3.05) is 13.2 Å². The van der Waals surface area contributed by atoms with Crippen molar-refractivity contribution in [3.8, 4) is 0 Å². The van der Waals surface area contributed by atoms with Gasteiger partial charge in [0.2, 0.25) is 0 Å². The summed E-state index contributed by atoms with van der Waals surface area (Å²) in [5.41, 5.74) is 1.35. The van der Waals surface area contributed by atoms with E-state index in [4.69, 9.17) is 16.4 Å². The number of aliphatic hydroxyl groups is 2. The van der Waals surface area contributed by atoms with Crippen molar-refractivity contribution in [3.05, 3.63) is 77.1 Å². The van der Waals surface area contributed by atoms with E-state index in [2.05, 4.69) is 4.85 Å². The number of aliphatic hydroxyl groups excluding tert-OH is 1. The van der Waals surface area contributed by atoms with Crippen molar-refractivity contribution in [2.24, 2.45) is 0 Å². The third-order valence-corrected chi connectivity index (χ3v) is 5.41. The van der Waals surface area contributed by atoms with E-state index in [9.17, 15) is 9.90 Å². The number of carbonyl (C=O) groups is 1. The number of hydrogen-bond donors (Lipinski definition) is 2. The lowest BCUT2D eigenvalue weighted by Crippen LogP contribution is -2.48. The molecule has 152 valence electrons. The molecule has 0 radical (unpaired) electrons. The zero-order valence-electron chi connectivity index (χ0n) is 16.3. The van der Waals surface area contributed by atoms with Gasteiger partial charge in [0, 0.05) is 19.6 Å². The van der Waals surface area contributed by atoms with Crippen LogP contribution in [0.3, 0.4) is 0 Å². The minimum atomic E-state index is -0.942. The quantitative estimate of drug-likeness (QED) is 0.720. The fourth-order valence-electron chi connectivity index (χ4n) is 3.78. The first kappa shape index (κ1) is 20.8. The van der Waals surface area contributed by atoms with Crippen LogP contribution in [-0.4, -0.2) is 40.0 Å². The Morgan fingerprint density at radius 3 is 2.59 bits per heavy atom. The second-order valence-electron chi connectivity index (χ2n) is 7.46. The number of ether oxygens (including phenoxy) is 1. The number of rotatable bonds is 6. The number of piperidine rings is 1. The van der Waals surface area contributed by atoms with Crippen LogP contribution in [0, 0.1) is 6.57 Å². The minimum Gasteiger partial charge on any atom is -0.445 e. The van der Waals surface area contributed by atoms with Crippen LogP contribution in [0.5, 0.6) is 0 Å². The molecule has 0 saturated carbocycles. The van der Waals surface area contributed by atoms with E-state index in [1.165, 1.54) is 0 Å². The van der Waals surface area contributed by atoms with Gasteiger partial charge in [0.15, 0.2) is 5.69 Å². The number of carbonyl (C=O) groups excluding carboxylic acids is 1. The Morgan fingerprint density at radius 2 is 1.93 bits per heavy atom. The Kier molecular flexibility index (Phi) is 6.86. The molecule has 1 heterocycles. The van der Waals surface area contributed by atoms with Gasteiger partial charge in [-0.2, -0.15) is 0 Å². The molecule has 3 rings (SSSR count). The summed E-state index contributed by atoms with van der Waals surface area (Å²) in [5.74, 6) is 0. The molecule has 0 aliphatic carbocycles. The number of nitrogens with zero attached hydrogens (tertiary/aromatic N) is 2. The highest BCUT2D eigenvalue weighted by atomic mass is 16.6. The summed E-state index contributed by atoms with van der Waals surface area (Å²) in [7, 11) is 0. The van der Waals surface area contributed by atoms with Gasteiger partial charge in [0.1, 0.15) is 6.61 Å². The van der Waals surface area contributed by atoms with Gasteiger partial charge in [0.05, 0.1) is 18.2 Å². The molecule has 0 bridgehead atoms. The van der Waals surface area contributed by atoms with Gasteiger partial charge in [-0.1, -0.05) is 54.6 Å². The van der Waals surface area contributed by atoms with Gasteiger partial charge in [-0.25, -0.2) is 9.64 Å². The standard InChI is InChI=1S/C23H26N2O4/c1-24-20-10-8-19(9-11-20)21-16-23(28,12-5-15-26)13-14-25(21)22(27)29-17-18-6-3-2-4-7-18/h2-4,6-11,21,26,28H,5,12-17H2. The van der Waals surface area contributed by atoms with Crippen LogP contribution in [0.15, 0.2) is 54.6 Å². The molecule has 0 aromatic heterocycles. The summed E-state index contributed by atoms with van der Waals surface area (Å²) in [6, 6.07) is 16.2. The zero-order chi connectivity index (χ0) is 20.7. The van der Waals surface area contributed by atoms with E-state index >= 15 is 0 Å². The van der Waals surface area contributed by atoms with E-state index < -0.39 is 11.7 Å². The van der Waals surface area contributed by atoms with Gasteiger partial charge < -0.3 is 19.8 Å². The Bertz CT molecular complexity index is 847. The maximum Gasteiger partial charge on any atom is 0.410 e. The van der Waals surface area contributed by atoms with E-state index in [0.29, 0.717) is 37.9 Å². The number of benzene rings is 2. The molecule has 6 nitrogen and oxygen atoms in total. The Hall–Kier alpha value is -2.88. The molecule has 2 aromatic rings. The largest absolute Gasteiger partial charge is 0.445 e. The third-order valence-electron chi connectivity index (χ3n) is 5.41. The summed E-state index contributed by atoms with van der Waals surface area (Å²) < 4.78 is 5.53. The van der Waals surface area contributed by atoms with Crippen molar-refractivity contribution in [2.45, 2.75) is 43.9 Å². The second-order valence-corrected chi connectivity index (χ2v) is 7.46. The smallest absolute Gasteiger partial charge is 0.410 e. The summed E-state index contributed by atoms with van der Waals surface area (Å²) in [4.78, 5) is 17.9. The average molecular weight is 394 g/mol. The molecule has 6 heteroatoms. The topological polar surface area (TPSA) is 74.4 Å². The lowest BCUT2D eigenvalue weighted by molar-refractivity contribution is -0.0538. The highest BCUT2D eigenvalue weighted by molar-refractivity contribution is 5.68. The molecule has 2 unspecified atom stereocenters. The van der Waals surface area contributed by atoms with E-state index in [1.54, 1.807) is 17.0 Å². The zero-order valence-corrected chi connectivity index (χ0v) is 16.3. The fraction of sp³-hybridized carbons (Fsp3) is 0.391. The predicted octanol–water partition coefficient (Wildman–Crippen LogP) is 4.21. The number of likely N-dealkylation sites (tertiary alicyclic amines) is 1. The molecule has 1 aliphatic heterocycles. The maximum atomic E-state index is 12.8. The first-order valence-corrected chi connectivity index (χ1v) is 9.83. The highest BCUT2D eigenvalue weighted by Crippen LogP contribution is 2.39. The molecule has 1 saturated heterocycles. The van der Waals surface area contributed by atoms with Crippen LogP contribution in [0.1, 0.15) is 42.9 Å². The molecule has 0 spiro atoms. The van der Waals surface area contributed by atoms with Crippen LogP contribution < -0.4 is 0 Å². The van der Waals surface area contributed by atoms with Crippen molar-refractivity contribution in [1.29, 1.82) is 0 Å². The molecule has 2 N–H and O–H groups in total. The number of hydrogen-bond acceptors (Lipinski definition) is 4. The Balaban J connectivity index is 1.77. The van der Waals surface area contributed by atoms with Crippen LogP contribution in [0.2, 0.25) is 0 Å². The number of amides is 1. The molecular weight excluding hydrogens is 368 g/mol. The van der Waals surface area contributed by atoms with Crippen molar-refractivity contribution in [1.82, 2.24) is 4.90 Å². The SMILES string of the molecule is [C-]#[N+]c1ccc(C2CC(O)(CCCO)CCN2C(=O)OCc2ccccc2)cc1. The first-order valence-electron chi connectivity index (χ1n) is 9.83. The summed E-state index contributed by atoms with van der Waals surface area (Å²) in [5, 5.41) is 20.2. The van der Waals surface area contributed by atoms with Crippen molar-refractivity contribution >= 4 is 11.8 Å². The van der Waals surface area contributed by atoms with E-state index in [1.807, 2.05) is 42.5 Å². The minimum absolute atomic E-state index is 0.0233. The third kappa shape index (κ3) is 5.35. The lowest BCUT2D eigenvalue weighted by atomic mass is 9.81. The lowest BCUT2D eigenvalue weighted by Gasteiger charge is -2.43. The summed E-state index contributed by atoms with van der Waals surface area (Å²) in [6.07, 6.45) is 1.37. The van der Waals surface area contributed by atoms with Gasteiger partial charge >= 0.3 is 6.09 Å². The van der Waals surface area contributed by atoms with Crippen LogP contribution in [0.4, 0.5) is 10.5 Å². The van der Waals surface area contributed by atoms with Crippen molar-refractivity contribution in [3.63, 3.8) is 0 Å². The predicted molar refractivity (Wildman–Crippen MR) is 109 cm³/mol. The van der Waals surface area contributed by atoms with Gasteiger partial charge in [-0.15, -0.1) is 0 Å². The Labute approximate surface area is 171 Å². The van der Waals surface area contributed by atoms with Crippen LogP contribution in [-0.2, 0) is 11.3 Å². The molecule has 1 amide bonds. The average Bonchev–Trinajstić information content (AvgIpc) is 2.77. The molecule has 29 heavy (non-hydrogen) atoms. The molecule has 1 aliphatic rings. The van der Waals surface area contributed by atoms with Gasteiger partial charge in [0.25, 0.3) is 0 Å². The van der Waals surface area contributed by atoms with Gasteiger partial charge in [-0.05, 0) is 30.4 Å². The van der Waals surface area contributed by atoms with E-state index in [-0.39, 0.29) is 19.3 Å². The second kappa shape index (κ2) is 9.55. The van der Waals surface area contributed by atoms with Crippen LogP contribution in [0.25, 0.3) is 4.85 Å². The van der Waals surface area contributed by atoms with E-state index in [0.717, 1.165) is 11.1 Å².